The molecule has 0 aliphatic carbocycles. The predicted molar refractivity (Wildman–Crippen MR) is 120 cm³/mol. The minimum Gasteiger partial charge on any atom is -0.341 e. The van der Waals surface area contributed by atoms with Crippen molar-refractivity contribution in [3.63, 3.8) is 0 Å². The van der Waals surface area contributed by atoms with Crippen LogP contribution in [-0.4, -0.2) is 64.4 Å². The Bertz CT molecular complexity index is 1220. The molecule has 32 heavy (non-hydrogen) atoms. The Hall–Kier alpha value is -3.68. The van der Waals surface area contributed by atoms with Gasteiger partial charge in [-0.25, -0.2) is 0 Å². The van der Waals surface area contributed by atoms with E-state index in [2.05, 4.69) is 15.5 Å². The number of hydrogen-bond acceptors (Lipinski definition) is 4. The molecule has 0 radical (unpaired) electrons. The molecule has 1 atom stereocenters. The van der Waals surface area contributed by atoms with Crippen molar-refractivity contribution in [2.24, 2.45) is 5.92 Å². The number of rotatable bonds is 3. The Morgan fingerprint density at radius 1 is 1.16 bits per heavy atom. The number of piperidine rings is 1. The Labute approximate surface area is 185 Å². The number of amides is 3. The maximum absolute atomic E-state index is 13.0. The van der Waals surface area contributed by atoms with Gasteiger partial charge >= 0.3 is 0 Å². The summed E-state index contributed by atoms with van der Waals surface area (Å²) in [6.07, 6.45) is 4.00. The number of nitrogens with zero attached hydrogens (tertiary/aromatic N) is 3. The fraction of sp³-hybridized carbons (Fsp3) is 0.333. The first-order chi connectivity index (χ1) is 15.5. The molecular weight excluding hydrogens is 406 g/mol. The van der Waals surface area contributed by atoms with Crippen LogP contribution in [0.25, 0.3) is 10.9 Å². The van der Waals surface area contributed by atoms with E-state index in [0.717, 1.165) is 35.7 Å². The molecule has 164 valence electrons. The number of fused-ring (bicyclic) bond motifs is 2. The summed E-state index contributed by atoms with van der Waals surface area (Å²) in [5.74, 6) is -0.511. The number of likely N-dealkylation sites (tertiary alicyclic amines) is 1. The number of carbonyl (C=O) groups is 3. The number of hydrogen-bond donors (Lipinski definition) is 2. The second-order valence-electron chi connectivity index (χ2n) is 8.60. The Morgan fingerprint density at radius 3 is 2.91 bits per heavy atom. The summed E-state index contributed by atoms with van der Waals surface area (Å²) in [7, 11) is 1.79. The van der Waals surface area contributed by atoms with Crippen LogP contribution in [0.5, 0.6) is 0 Å². The molecule has 0 saturated carbocycles. The van der Waals surface area contributed by atoms with Crippen molar-refractivity contribution in [3.8, 4) is 0 Å². The molecule has 2 aliphatic heterocycles. The fourth-order valence-electron chi connectivity index (χ4n) is 4.54. The maximum Gasteiger partial charge on any atom is 0.253 e. The molecule has 5 rings (SSSR count). The largest absolute Gasteiger partial charge is 0.341 e. The van der Waals surface area contributed by atoms with Gasteiger partial charge in [0.05, 0.1) is 17.6 Å². The van der Waals surface area contributed by atoms with Crippen LogP contribution in [0.3, 0.4) is 0 Å². The molecule has 2 aromatic carbocycles. The van der Waals surface area contributed by atoms with Gasteiger partial charge < -0.3 is 15.1 Å². The zero-order valence-corrected chi connectivity index (χ0v) is 17.9. The molecule has 0 spiro atoms. The van der Waals surface area contributed by atoms with Gasteiger partial charge in [0.25, 0.3) is 11.8 Å². The van der Waals surface area contributed by atoms with Gasteiger partial charge in [0.1, 0.15) is 0 Å². The molecule has 2 aliphatic rings. The number of carbonyl (C=O) groups excluding carboxylic acids is 3. The van der Waals surface area contributed by atoms with E-state index in [1.54, 1.807) is 35.2 Å². The highest BCUT2D eigenvalue weighted by Gasteiger charge is 2.29. The minimum absolute atomic E-state index is 0.0219. The van der Waals surface area contributed by atoms with Gasteiger partial charge in [-0.05, 0) is 55.2 Å². The average Bonchev–Trinajstić information content (AvgIpc) is 3.29. The van der Waals surface area contributed by atoms with E-state index in [1.165, 1.54) is 0 Å². The number of likely N-dealkylation sites (N-methyl/N-ethyl adjacent to an activating group) is 1. The third-order valence-electron chi connectivity index (χ3n) is 6.44. The molecule has 8 nitrogen and oxygen atoms in total. The summed E-state index contributed by atoms with van der Waals surface area (Å²) >= 11 is 0. The van der Waals surface area contributed by atoms with Crippen LogP contribution in [0.15, 0.2) is 42.6 Å². The lowest BCUT2D eigenvalue weighted by Crippen LogP contribution is -2.43. The van der Waals surface area contributed by atoms with Crippen LogP contribution in [-0.2, 0) is 11.2 Å². The third kappa shape index (κ3) is 3.72. The molecule has 0 bridgehead atoms. The zero-order valence-electron chi connectivity index (χ0n) is 17.9. The normalized spacial score (nSPS) is 18.5. The number of benzene rings is 2. The van der Waals surface area contributed by atoms with Crippen LogP contribution >= 0.6 is 0 Å². The summed E-state index contributed by atoms with van der Waals surface area (Å²) in [5, 5.41) is 10.7. The highest BCUT2D eigenvalue weighted by Crippen LogP contribution is 2.25. The van der Waals surface area contributed by atoms with Crippen molar-refractivity contribution in [3.05, 3.63) is 59.3 Å². The number of H-pyrrole nitrogens is 1. The van der Waals surface area contributed by atoms with Crippen molar-refractivity contribution in [2.45, 2.75) is 19.3 Å². The number of anilines is 1. The standard InChI is InChI=1S/C24H25N5O3/c1-28-10-8-15-4-6-19(12-20(15)24(28)32)26-22(30)17-3-2-9-29(14-17)23(31)16-5-7-21-18(11-16)13-25-27-21/h4-7,11-13,17H,2-3,8-10,14H2,1H3,(H,25,27)(H,26,30). The summed E-state index contributed by atoms with van der Waals surface area (Å²) in [6.45, 7) is 1.71. The molecule has 1 aromatic heterocycles. The lowest BCUT2D eigenvalue weighted by molar-refractivity contribution is -0.121. The van der Waals surface area contributed by atoms with Crippen LogP contribution in [0.2, 0.25) is 0 Å². The monoisotopic (exact) mass is 431 g/mol. The molecule has 1 fully saturated rings. The second-order valence-corrected chi connectivity index (χ2v) is 8.60. The number of nitrogens with one attached hydrogen (secondary N) is 2. The quantitative estimate of drug-likeness (QED) is 0.666. The van der Waals surface area contributed by atoms with Crippen molar-refractivity contribution in [1.82, 2.24) is 20.0 Å². The summed E-state index contributed by atoms with van der Waals surface area (Å²) in [4.78, 5) is 41.9. The summed E-state index contributed by atoms with van der Waals surface area (Å²) in [6, 6.07) is 11.0. The van der Waals surface area contributed by atoms with E-state index in [0.29, 0.717) is 36.4 Å². The van der Waals surface area contributed by atoms with Crippen LogP contribution in [0, 0.1) is 5.92 Å². The van der Waals surface area contributed by atoms with Gasteiger partial charge in [-0.15, -0.1) is 0 Å². The van der Waals surface area contributed by atoms with E-state index in [1.807, 2.05) is 24.3 Å². The lowest BCUT2D eigenvalue weighted by atomic mass is 9.95. The van der Waals surface area contributed by atoms with Gasteiger partial charge in [0, 0.05) is 48.9 Å². The second kappa shape index (κ2) is 8.11. The van der Waals surface area contributed by atoms with Crippen molar-refractivity contribution < 1.29 is 14.4 Å². The summed E-state index contributed by atoms with van der Waals surface area (Å²) in [5.41, 5.74) is 3.75. The SMILES string of the molecule is CN1CCc2ccc(NC(=O)C3CCCN(C(=O)c4ccc5[nH]ncc5c4)C3)cc2C1=O. The third-order valence-corrected chi connectivity index (χ3v) is 6.44. The first-order valence-electron chi connectivity index (χ1n) is 10.9. The van der Waals surface area contributed by atoms with Crippen LogP contribution in [0.1, 0.15) is 39.1 Å². The molecule has 3 aromatic rings. The molecule has 3 amide bonds. The smallest absolute Gasteiger partial charge is 0.253 e. The van der Waals surface area contributed by atoms with Gasteiger partial charge in [0.15, 0.2) is 0 Å². The van der Waals surface area contributed by atoms with E-state index < -0.39 is 0 Å². The Balaban J connectivity index is 1.27. The van der Waals surface area contributed by atoms with Gasteiger partial charge in [-0.2, -0.15) is 5.10 Å². The van der Waals surface area contributed by atoms with Gasteiger partial charge in [-0.1, -0.05) is 6.07 Å². The van der Waals surface area contributed by atoms with Crippen LogP contribution in [0.4, 0.5) is 5.69 Å². The molecule has 1 saturated heterocycles. The predicted octanol–water partition coefficient (Wildman–Crippen LogP) is 2.68. The zero-order chi connectivity index (χ0) is 22.2. The average molecular weight is 431 g/mol. The van der Waals surface area contributed by atoms with Gasteiger partial charge in [0.2, 0.25) is 5.91 Å². The van der Waals surface area contributed by atoms with E-state index in [9.17, 15) is 14.4 Å². The molecule has 3 heterocycles. The minimum atomic E-state index is -0.292. The molecular formula is C24H25N5O3. The Morgan fingerprint density at radius 2 is 2.03 bits per heavy atom. The van der Waals surface area contributed by atoms with E-state index >= 15 is 0 Å². The first kappa shape index (κ1) is 20.2. The van der Waals surface area contributed by atoms with E-state index in [-0.39, 0.29) is 23.6 Å². The van der Waals surface area contributed by atoms with Crippen LogP contribution < -0.4 is 5.32 Å². The van der Waals surface area contributed by atoms with E-state index in [4.69, 9.17) is 0 Å². The summed E-state index contributed by atoms with van der Waals surface area (Å²) < 4.78 is 0. The molecule has 1 unspecified atom stereocenters. The van der Waals surface area contributed by atoms with Crippen molar-refractivity contribution in [2.75, 3.05) is 32.0 Å². The molecule has 2 N–H and O–H groups in total. The Kier molecular flexibility index (Phi) is 5.13. The van der Waals surface area contributed by atoms with Crippen molar-refractivity contribution in [1.29, 1.82) is 0 Å². The van der Waals surface area contributed by atoms with Gasteiger partial charge in [-0.3, -0.25) is 19.5 Å². The highest BCUT2D eigenvalue weighted by atomic mass is 16.2. The maximum atomic E-state index is 13.0. The van der Waals surface area contributed by atoms with Crippen molar-refractivity contribution >= 4 is 34.3 Å². The number of aromatic nitrogens is 2. The fourth-order valence-corrected chi connectivity index (χ4v) is 4.54. The topological polar surface area (TPSA) is 98.4 Å². The number of aromatic amines is 1. The lowest BCUT2D eigenvalue weighted by Gasteiger charge is -2.32. The molecule has 8 heteroatoms. The first-order valence-corrected chi connectivity index (χ1v) is 10.9. The highest BCUT2D eigenvalue weighted by molar-refractivity contribution is 6.00.